The molecule has 1 aliphatic rings. The molecule has 20 heavy (non-hydrogen) atoms. The number of likely N-dealkylation sites (N-methyl/N-ethyl adjacent to an activating group) is 1. The number of nitrogen functional groups attached to an aromatic ring is 1. The molecule has 0 radical (unpaired) electrons. The van der Waals surface area contributed by atoms with Crippen molar-refractivity contribution in [2.45, 2.75) is 13.0 Å². The van der Waals surface area contributed by atoms with Crippen LogP contribution in [0, 0.1) is 6.92 Å². The van der Waals surface area contributed by atoms with E-state index >= 15 is 0 Å². The van der Waals surface area contributed by atoms with Crippen LogP contribution in [0.1, 0.15) is 17.5 Å². The fourth-order valence-corrected chi connectivity index (χ4v) is 2.29. The van der Waals surface area contributed by atoms with Crippen LogP contribution >= 0.6 is 0 Å². The molecule has 2 N–H and O–H groups in total. The summed E-state index contributed by atoms with van der Waals surface area (Å²) in [4.78, 5) is 6.65. The summed E-state index contributed by atoms with van der Waals surface area (Å²) in [6, 6.07) is 5.67. The summed E-state index contributed by atoms with van der Waals surface area (Å²) in [7, 11) is 2.05. The number of rotatable bonds is 2. The van der Waals surface area contributed by atoms with E-state index < -0.39 is 0 Å². The molecule has 0 saturated carbocycles. The van der Waals surface area contributed by atoms with Crippen LogP contribution in [0.25, 0.3) is 11.5 Å². The highest BCUT2D eigenvalue weighted by Crippen LogP contribution is 2.27. The van der Waals surface area contributed by atoms with E-state index in [1.165, 1.54) is 0 Å². The van der Waals surface area contributed by atoms with Crippen molar-refractivity contribution in [2.75, 3.05) is 32.5 Å². The molecule has 1 saturated heterocycles. The van der Waals surface area contributed by atoms with Gasteiger partial charge in [-0.1, -0.05) is 11.2 Å². The van der Waals surface area contributed by atoms with Crippen molar-refractivity contribution in [1.82, 2.24) is 15.0 Å². The lowest BCUT2D eigenvalue weighted by Crippen LogP contribution is -2.35. The zero-order chi connectivity index (χ0) is 14.1. The number of benzene rings is 1. The van der Waals surface area contributed by atoms with Crippen LogP contribution in [0.5, 0.6) is 0 Å². The first-order valence-corrected chi connectivity index (χ1v) is 6.64. The number of morpholine rings is 1. The highest BCUT2D eigenvalue weighted by atomic mass is 16.5. The van der Waals surface area contributed by atoms with Gasteiger partial charge >= 0.3 is 0 Å². The molecule has 2 heterocycles. The van der Waals surface area contributed by atoms with Crippen molar-refractivity contribution in [3.05, 3.63) is 29.6 Å². The summed E-state index contributed by atoms with van der Waals surface area (Å²) in [5.41, 5.74) is 8.44. The molecule has 0 spiro atoms. The molecule has 6 nitrogen and oxygen atoms in total. The van der Waals surface area contributed by atoms with Gasteiger partial charge in [0.2, 0.25) is 5.82 Å². The molecule has 106 valence electrons. The first-order valence-electron chi connectivity index (χ1n) is 6.64. The number of ether oxygens (including phenoxy) is 1. The van der Waals surface area contributed by atoms with Crippen molar-refractivity contribution >= 4 is 5.69 Å². The highest BCUT2D eigenvalue weighted by Gasteiger charge is 2.25. The molecule has 3 rings (SSSR count). The topological polar surface area (TPSA) is 77.4 Å². The quantitative estimate of drug-likeness (QED) is 0.839. The minimum Gasteiger partial charge on any atom is -0.398 e. The summed E-state index contributed by atoms with van der Waals surface area (Å²) < 4.78 is 11.0. The van der Waals surface area contributed by atoms with Gasteiger partial charge in [0.15, 0.2) is 0 Å². The Balaban J connectivity index is 1.88. The van der Waals surface area contributed by atoms with Crippen LogP contribution in [0.15, 0.2) is 22.7 Å². The first-order chi connectivity index (χ1) is 9.65. The zero-order valence-electron chi connectivity index (χ0n) is 11.7. The third-order valence-electron chi connectivity index (χ3n) is 3.61. The van der Waals surface area contributed by atoms with Crippen LogP contribution < -0.4 is 5.73 Å². The fraction of sp³-hybridized carbons (Fsp3) is 0.429. The summed E-state index contributed by atoms with van der Waals surface area (Å²) in [6.45, 7) is 4.33. The van der Waals surface area contributed by atoms with Gasteiger partial charge in [-0.3, -0.25) is 0 Å². The third kappa shape index (κ3) is 2.39. The van der Waals surface area contributed by atoms with Crippen molar-refractivity contribution in [3.63, 3.8) is 0 Å². The second-order valence-electron chi connectivity index (χ2n) is 5.10. The Morgan fingerprint density at radius 1 is 1.40 bits per heavy atom. The fourth-order valence-electron chi connectivity index (χ4n) is 2.29. The lowest BCUT2D eigenvalue weighted by Gasteiger charge is -2.27. The Bertz CT molecular complexity index is 611. The number of nitrogens with zero attached hydrogens (tertiary/aromatic N) is 3. The molecular weight excluding hydrogens is 256 g/mol. The van der Waals surface area contributed by atoms with Gasteiger partial charge in [0.1, 0.15) is 6.10 Å². The molecule has 0 bridgehead atoms. The van der Waals surface area contributed by atoms with Crippen molar-refractivity contribution in [2.24, 2.45) is 0 Å². The molecule has 1 aromatic carbocycles. The second kappa shape index (κ2) is 5.22. The minimum absolute atomic E-state index is 0.132. The average Bonchev–Trinajstić information content (AvgIpc) is 2.91. The smallest absolute Gasteiger partial charge is 0.258 e. The highest BCUT2D eigenvalue weighted by molar-refractivity contribution is 5.66. The van der Waals surface area contributed by atoms with Crippen LogP contribution in [-0.2, 0) is 4.74 Å². The van der Waals surface area contributed by atoms with E-state index in [9.17, 15) is 0 Å². The van der Waals surface area contributed by atoms with Gasteiger partial charge in [-0.05, 0) is 31.7 Å². The van der Waals surface area contributed by atoms with Gasteiger partial charge in [0.25, 0.3) is 5.89 Å². The van der Waals surface area contributed by atoms with E-state index in [0.29, 0.717) is 18.3 Å². The first kappa shape index (κ1) is 13.1. The average molecular weight is 274 g/mol. The van der Waals surface area contributed by atoms with Gasteiger partial charge in [-0.25, -0.2) is 0 Å². The number of nitrogens with two attached hydrogens (primary N) is 1. The van der Waals surface area contributed by atoms with Gasteiger partial charge in [-0.15, -0.1) is 0 Å². The number of hydrogen-bond donors (Lipinski definition) is 1. The van der Waals surface area contributed by atoms with E-state index in [-0.39, 0.29) is 6.10 Å². The van der Waals surface area contributed by atoms with Crippen molar-refractivity contribution in [1.29, 1.82) is 0 Å². The van der Waals surface area contributed by atoms with Gasteiger partial charge in [0, 0.05) is 24.3 Å². The maximum atomic E-state index is 5.90. The predicted molar refractivity (Wildman–Crippen MR) is 75.1 cm³/mol. The Hall–Kier alpha value is -1.92. The Morgan fingerprint density at radius 2 is 2.25 bits per heavy atom. The summed E-state index contributed by atoms with van der Waals surface area (Å²) in [5, 5.41) is 4.04. The van der Waals surface area contributed by atoms with Crippen LogP contribution in [0.3, 0.4) is 0 Å². The van der Waals surface area contributed by atoms with Crippen LogP contribution in [0.2, 0.25) is 0 Å². The van der Waals surface area contributed by atoms with Gasteiger partial charge in [-0.2, -0.15) is 4.98 Å². The number of aromatic nitrogens is 2. The molecule has 1 aliphatic heterocycles. The molecule has 6 heteroatoms. The van der Waals surface area contributed by atoms with Crippen LogP contribution in [-0.4, -0.2) is 41.8 Å². The van der Waals surface area contributed by atoms with E-state index in [2.05, 4.69) is 22.1 Å². The van der Waals surface area contributed by atoms with E-state index in [0.717, 1.165) is 29.9 Å². The van der Waals surface area contributed by atoms with Gasteiger partial charge < -0.3 is 19.9 Å². The predicted octanol–water partition coefficient (Wildman–Crippen LogP) is 1.63. The second-order valence-corrected chi connectivity index (χ2v) is 5.10. The summed E-state index contributed by atoms with van der Waals surface area (Å²) in [6.07, 6.45) is -0.132. The standard InChI is InChI=1S/C14H18N4O2/c1-9-10(4-3-5-11(9)15)14-16-13(17-20-14)12-8-18(2)6-7-19-12/h3-5,12H,6-8,15H2,1-2H3. The maximum absolute atomic E-state index is 5.90. The number of hydrogen-bond acceptors (Lipinski definition) is 6. The Kier molecular flexibility index (Phi) is 3.42. The van der Waals surface area contributed by atoms with Gasteiger partial charge in [0.05, 0.1) is 6.61 Å². The Morgan fingerprint density at radius 3 is 3.05 bits per heavy atom. The van der Waals surface area contributed by atoms with Crippen LogP contribution in [0.4, 0.5) is 5.69 Å². The lowest BCUT2D eigenvalue weighted by molar-refractivity contribution is -0.0264. The van der Waals surface area contributed by atoms with E-state index in [1.54, 1.807) is 0 Å². The molecule has 2 aromatic rings. The molecule has 1 atom stereocenters. The number of anilines is 1. The maximum Gasteiger partial charge on any atom is 0.258 e. The molecule has 0 amide bonds. The SMILES string of the molecule is Cc1c(N)cccc1-c1nc(C2CN(C)CCO2)no1. The zero-order valence-corrected chi connectivity index (χ0v) is 11.7. The normalized spacial score (nSPS) is 20.2. The van der Waals surface area contributed by atoms with E-state index in [1.807, 2.05) is 25.1 Å². The summed E-state index contributed by atoms with van der Waals surface area (Å²) in [5.74, 6) is 1.08. The molecule has 0 aliphatic carbocycles. The Labute approximate surface area is 117 Å². The molecule has 1 unspecified atom stereocenters. The summed E-state index contributed by atoms with van der Waals surface area (Å²) >= 11 is 0. The monoisotopic (exact) mass is 274 g/mol. The molecule has 1 aromatic heterocycles. The van der Waals surface area contributed by atoms with Crippen molar-refractivity contribution < 1.29 is 9.26 Å². The van der Waals surface area contributed by atoms with E-state index in [4.69, 9.17) is 15.0 Å². The molecular formula is C14H18N4O2. The minimum atomic E-state index is -0.132. The lowest BCUT2D eigenvalue weighted by atomic mass is 10.1. The largest absolute Gasteiger partial charge is 0.398 e. The van der Waals surface area contributed by atoms with Crippen molar-refractivity contribution in [3.8, 4) is 11.5 Å². The third-order valence-corrected chi connectivity index (χ3v) is 3.61. The molecule has 1 fully saturated rings.